The van der Waals surface area contributed by atoms with E-state index < -0.39 is 5.54 Å². The van der Waals surface area contributed by atoms with Gasteiger partial charge < -0.3 is 10.1 Å². The van der Waals surface area contributed by atoms with Crippen molar-refractivity contribution in [1.82, 2.24) is 15.1 Å². The van der Waals surface area contributed by atoms with E-state index in [2.05, 4.69) is 10.2 Å². The predicted molar refractivity (Wildman–Crippen MR) is 82.5 cm³/mol. The molecule has 1 N–H and O–H groups in total. The molecule has 0 bridgehead atoms. The second-order valence-corrected chi connectivity index (χ2v) is 7.16. The van der Waals surface area contributed by atoms with Gasteiger partial charge in [0.15, 0.2) is 0 Å². The second kappa shape index (κ2) is 6.16. The van der Waals surface area contributed by atoms with E-state index in [9.17, 15) is 9.59 Å². The topological polar surface area (TPSA) is 61.9 Å². The number of nitrogens with one attached hydrogen (secondary N) is 1. The van der Waals surface area contributed by atoms with E-state index in [1.165, 1.54) is 30.6 Å². The summed E-state index contributed by atoms with van der Waals surface area (Å²) >= 11 is 0. The van der Waals surface area contributed by atoms with Crippen LogP contribution in [-0.4, -0.2) is 65.7 Å². The molecule has 6 heteroatoms. The maximum Gasteiger partial charge on any atom is 0.325 e. The van der Waals surface area contributed by atoms with Gasteiger partial charge in [0.25, 0.3) is 5.91 Å². The third-order valence-electron chi connectivity index (χ3n) is 5.12. The Hall–Kier alpha value is -1.14. The van der Waals surface area contributed by atoms with Gasteiger partial charge >= 0.3 is 6.03 Å². The van der Waals surface area contributed by atoms with Crippen molar-refractivity contribution in [3.63, 3.8) is 0 Å². The fourth-order valence-electron chi connectivity index (χ4n) is 3.91. The smallest absolute Gasteiger partial charge is 0.325 e. The van der Waals surface area contributed by atoms with Gasteiger partial charge in [0.1, 0.15) is 5.54 Å². The number of rotatable bonds is 4. The summed E-state index contributed by atoms with van der Waals surface area (Å²) in [7, 11) is 0. The van der Waals surface area contributed by atoms with E-state index in [4.69, 9.17) is 4.74 Å². The maximum absolute atomic E-state index is 12.2. The van der Waals surface area contributed by atoms with Crippen LogP contribution in [0.5, 0.6) is 0 Å². The number of hydrogen-bond donors (Lipinski definition) is 1. The Labute approximate surface area is 132 Å². The average molecular weight is 309 g/mol. The van der Waals surface area contributed by atoms with Gasteiger partial charge in [-0.25, -0.2) is 4.79 Å². The Balaban J connectivity index is 1.50. The van der Waals surface area contributed by atoms with Crippen LogP contribution in [0.15, 0.2) is 0 Å². The Kier molecular flexibility index (Phi) is 4.41. The Morgan fingerprint density at radius 1 is 1.23 bits per heavy atom. The molecule has 6 nitrogen and oxygen atoms in total. The zero-order valence-electron chi connectivity index (χ0n) is 13.6. The number of hydrogen-bond acceptors (Lipinski definition) is 4. The summed E-state index contributed by atoms with van der Waals surface area (Å²) in [5.41, 5.74) is -0.759. The van der Waals surface area contributed by atoms with Crippen molar-refractivity contribution in [3.8, 4) is 0 Å². The van der Waals surface area contributed by atoms with Crippen molar-refractivity contribution in [3.05, 3.63) is 0 Å². The molecule has 3 fully saturated rings. The molecule has 2 saturated heterocycles. The lowest BCUT2D eigenvalue weighted by atomic mass is 9.90. The minimum absolute atomic E-state index is 0.116. The summed E-state index contributed by atoms with van der Waals surface area (Å²) < 4.78 is 5.88. The molecule has 2 aliphatic heterocycles. The number of morpholine rings is 1. The highest BCUT2D eigenvalue weighted by molar-refractivity contribution is 6.06. The van der Waals surface area contributed by atoms with Gasteiger partial charge in [-0.2, -0.15) is 0 Å². The van der Waals surface area contributed by atoms with Crippen LogP contribution in [-0.2, 0) is 9.53 Å². The van der Waals surface area contributed by atoms with E-state index >= 15 is 0 Å². The third-order valence-corrected chi connectivity index (χ3v) is 5.12. The SMILES string of the molecule is CC1(C)NC(=O)N(CCCN2CCOC3CCCCC32)C1=O. The Morgan fingerprint density at radius 3 is 2.73 bits per heavy atom. The van der Waals surface area contributed by atoms with Crippen LogP contribution in [0.25, 0.3) is 0 Å². The van der Waals surface area contributed by atoms with E-state index in [1.54, 1.807) is 13.8 Å². The van der Waals surface area contributed by atoms with E-state index in [1.807, 2.05) is 0 Å². The molecule has 2 unspecified atom stereocenters. The molecule has 2 atom stereocenters. The van der Waals surface area contributed by atoms with Gasteiger partial charge in [0, 0.05) is 25.7 Å². The number of nitrogens with zero attached hydrogens (tertiary/aromatic N) is 2. The van der Waals surface area contributed by atoms with E-state index in [0.29, 0.717) is 18.7 Å². The summed E-state index contributed by atoms with van der Waals surface area (Å²) in [5.74, 6) is -0.116. The van der Waals surface area contributed by atoms with Crippen molar-refractivity contribution in [1.29, 1.82) is 0 Å². The highest BCUT2D eigenvalue weighted by Gasteiger charge is 2.44. The van der Waals surface area contributed by atoms with Crippen molar-refractivity contribution in [2.24, 2.45) is 0 Å². The first-order valence-corrected chi connectivity index (χ1v) is 8.49. The van der Waals surface area contributed by atoms with Crippen LogP contribution in [0.3, 0.4) is 0 Å². The monoisotopic (exact) mass is 309 g/mol. The van der Waals surface area contributed by atoms with Gasteiger partial charge in [0.05, 0.1) is 12.7 Å². The fraction of sp³-hybridized carbons (Fsp3) is 0.875. The molecule has 3 rings (SSSR count). The first-order valence-electron chi connectivity index (χ1n) is 8.49. The molecular weight excluding hydrogens is 282 g/mol. The molecular formula is C16H27N3O3. The standard InChI is InChI=1S/C16H27N3O3/c1-16(2)14(20)19(15(21)17-16)9-5-8-18-10-11-22-13-7-4-3-6-12(13)18/h12-13H,3-11H2,1-2H3,(H,17,21). The number of ether oxygens (including phenoxy) is 1. The number of carbonyl (C=O) groups is 2. The zero-order valence-corrected chi connectivity index (χ0v) is 13.6. The van der Waals surface area contributed by atoms with Crippen LogP contribution in [0.4, 0.5) is 4.79 Å². The first-order chi connectivity index (χ1) is 10.5. The quantitative estimate of drug-likeness (QED) is 0.796. The van der Waals surface area contributed by atoms with E-state index in [0.717, 1.165) is 26.1 Å². The molecule has 0 aromatic heterocycles. The van der Waals surface area contributed by atoms with Crippen LogP contribution < -0.4 is 5.32 Å². The summed E-state index contributed by atoms with van der Waals surface area (Å²) in [5, 5.41) is 2.73. The first kappa shape index (κ1) is 15.7. The molecule has 3 amide bonds. The van der Waals surface area contributed by atoms with Crippen LogP contribution >= 0.6 is 0 Å². The third kappa shape index (κ3) is 2.99. The normalized spacial score (nSPS) is 32.0. The molecule has 1 saturated carbocycles. The molecule has 2 heterocycles. The predicted octanol–water partition coefficient (Wildman–Crippen LogP) is 1.35. The largest absolute Gasteiger partial charge is 0.375 e. The van der Waals surface area contributed by atoms with Gasteiger partial charge in [0.2, 0.25) is 0 Å². The Morgan fingerprint density at radius 2 is 2.00 bits per heavy atom. The van der Waals surface area contributed by atoms with Crippen LogP contribution in [0.1, 0.15) is 46.0 Å². The highest BCUT2D eigenvalue weighted by Crippen LogP contribution is 2.28. The van der Waals surface area contributed by atoms with Crippen LogP contribution in [0.2, 0.25) is 0 Å². The molecule has 0 aromatic rings. The van der Waals surface area contributed by atoms with Crippen molar-refractivity contribution < 1.29 is 14.3 Å². The minimum atomic E-state index is -0.759. The second-order valence-electron chi connectivity index (χ2n) is 7.16. The molecule has 1 aliphatic carbocycles. The maximum atomic E-state index is 12.2. The molecule has 3 aliphatic rings. The summed E-state index contributed by atoms with van der Waals surface area (Å²) in [6.07, 6.45) is 6.15. The van der Waals surface area contributed by atoms with Gasteiger partial charge in [-0.3, -0.25) is 14.6 Å². The van der Waals surface area contributed by atoms with Crippen molar-refractivity contribution >= 4 is 11.9 Å². The lowest BCUT2D eigenvalue weighted by Crippen LogP contribution is -2.53. The molecule has 0 spiro atoms. The number of urea groups is 1. The number of carbonyl (C=O) groups excluding carboxylic acids is 2. The minimum Gasteiger partial charge on any atom is -0.375 e. The molecule has 0 radical (unpaired) electrons. The lowest BCUT2D eigenvalue weighted by Gasteiger charge is -2.44. The highest BCUT2D eigenvalue weighted by atomic mass is 16.5. The lowest BCUT2D eigenvalue weighted by molar-refractivity contribution is -0.130. The number of amides is 3. The van der Waals surface area contributed by atoms with Crippen molar-refractivity contribution in [2.45, 2.75) is 63.6 Å². The van der Waals surface area contributed by atoms with Gasteiger partial charge in [-0.05, 0) is 33.1 Å². The molecule has 124 valence electrons. The fourth-order valence-corrected chi connectivity index (χ4v) is 3.91. The van der Waals surface area contributed by atoms with Crippen molar-refractivity contribution in [2.75, 3.05) is 26.2 Å². The van der Waals surface area contributed by atoms with E-state index in [-0.39, 0.29) is 11.9 Å². The van der Waals surface area contributed by atoms with Gasteiger partial charge in [-0.15, -0.1) is 0 Å². The zero-order chi connectivity index (χ0) is 15.7. The molecule has 22 heavy (non-hydrogen) atoms. The summed E-state index contributed by atoms with van der Waals surface area (Å²) in [6, 6.07) is 0.273. The Bertz CT molecular complexity index is 450. The van der Waals surface area contributed by atoms with Gasteiger partial charge in [-0.1, -0.05) is 12.8 Å². The summed E-state index contributed by atoms with van der Waals surface area (Å²) in [6.45, 7) is 6.71. The number of fused-ring (bicyclic) bond motifs is 1. The van der Waals surface area contributed by atoms with Crippen LogP contribution in [0, 0.1) is 0 Å². The summed E-state index contributed by atoms with van der Waals surface area (Å²) in [4.78, 5) is 27.9. The number of imide groups is 1. The average Bonchev–Trinajstić information content (AvgIpc) is 2.69. The molecule has 0 aromatic carbocycles.